The number of aryl methyl sites for hydroxylation is 1. The van der Waals surface area contributed by atoms with E-state index in [-0.39, 0.29) is 17.5 Å². The number of carbonyl (C=O) groups excluding carboxylic acids is 1. The molecule has 0 spiro atoms. The molecule has 1 heterocycles. The highest BCUT2D eigenvalue weighted by molar-refractivity contribution is 6.30. The van der Waals surface area contributed by atoms with E-state index in [4.69, 9.17) is 32.5 Å². The third kappa shape index (κ3) is 3.89. The van der Waals surface area contributed by atoms with Gasteiger partial charge in [0.15, 0.2) is 0 Å². The molecule has 0 aliphatic heterocycles. The summed E-state index contributed by atoms with van der Waals surface area (Å²) < 4.78 is 10.0. The lowest BCUT2D eigenvalue weighted by atomic mass is 10.1. The molecule has 5 nitrogen and oxygen atoms in total. The maximum absolute atomic E-state index is 11.9. The number of hydrogen-bond acceptors (Lipinski definition) is 4. The molecule has 2 rings (SSSR count). The topological polar surface area (TPSA) is 64.4 Å². The van der Waals surface area contributed by atoms with Crippen LogP contribution in [0.4, 0.5) is 0 Å². The van der Waals surface area contributed by atoms with Crippen LogP contribution in [0.3, 0.4) is 0 Å². The van der Waals surface area contributed by atoms with E-state index in [1.54, 1.807) is 32.2 Å². The summed E-state index contributed by atoms with van der Waals surface area (Å²) in [5.74, 6) is 0.446. The minimum atomic E-state index is -0.180. The molecule has 0 atom stereocenters. The van der Waals surface area contributed by atoms with Gasteiger partial charge < -0.3 is 14.6 Å². The number of amides is 1. The maximum Gasteiger partial charge on any atom is 0.229 e. The van der Waals surface area contributed by atoms with Crippen LogP contribution in [0.25, 0.3) is 0 Å². The van der Waals surface area contributed by atoms with E-state index in [0.29, 0.717) is 28.6 Å². The molecule has 0 fully saturated rings. The zero-order valence-electron chi connectivity index (χ0n) is 11.6. The molecule has 0 aliphatic rings. The second kappa shape index (κ2) is 6.83. The predicted molar refractivity (Wildman–Crippen MR) is 79.8 cm³/mol. The van der Waals surface area contributed by atoms with Crippen molar-refractivity contribution >= 4 is 29.1 Å². The Labute approximate surface area is 132 Å². The van der Waals surface area contributed by atoms with Crippen molar-refractivity contribution in [1.82, 2.24) is 10.5 Å². The van der Waals surface area contributed by atoms with Crippen LogP contribution in [0.15, 0.2) is 22.7 Å². The first-order chi connectivity index (χ1) is 10.0. The van der Waals surface area contributed by atoms with Gasteiger partial charge in [-0.05, 0) is 30.7 Å². The summed E-state index contributed by atoms with van der Waals surface area (Å²) in [5.41, 5.74) is 2.04. The van der Waals surface area contributed by atoms with Crippen LogP contribution in [-0.4, -0.2) is 18.2 Å². The maximum atomic E-state index is 11.9. The number of methoxy groups -OCH3 is 1. The molecule has 0 saturated carbocycles. The number of halogens is 2. The quantitative estimate of drug-likeness (QED) is 0.915. The van der Waals surface area contributed by atoms with Crippen LogP contribution in [0.5, 0.6) is 5.75 Å². The third-order valence-corrected chi connectivity index (χ3v) is 3.53. The van der Waals surface area contributed by atoms with E-state index in [9.17, 15) is 4.79 Å². The lowest BCUT2D eigenvalue weighted by Crippen LogP contribution is -2.25. The van der Waals surface area contributed by atoms with E-state index < -0.39 is 0 Å². The molecule has 2 aromatic rings. The molecule has 1 amide bonds. The van der Waals surface area contributed by atoms with Gasteiger partial charge in [0.05, 0.1) is 19.2 Å². The smallest absolute Gasteiger partial charge is 0.229 e. The Bertz CT molecular complexity index is 636. The van der Waals surface area contributed by atoms with Gasteiger partial charge in [-0.1, -0.05) is 22.8 Å². The van der Waals surface area contributed by atoms with E-state index in [2.05, 4.69) is 10.5 Å². The SMILES string of the molecule is COc1cc(Cl)ccc1CNC(=O)Cc1c(C)noc1Cl. The Kier molecular flexibility index (Phi) is 5.09. The minimum absolute atomic E-state index is 0.115. The summed E-state index contributed by atoms with van der Waals surface area (Å²) >= 11 is 11.7. The Balaban J connectivity index is 1.99. The monoisotopic (exact) mass is 328 g/mol. The fourth-order valence-electron chi connectivity index (χ4n) is 1.84. The highest BCUT2D eigenvalue weighted by Gasteiger charge is 2.15. The number of ether oxygens (including phenoxy) is 1. The number of aromatic nitrogens is 1. The lowest BCUT2D eigenvalue weighted by Gasteiger charge is -2.10. The van der Waals surface area contributed by atoms with Crippen LogP contribution in [0.2, 0.25) is 10.2 Å². The van der Waals surface area contributed by atoms with Crippen LogP contribution < -0.4 is 10.1 Å². The fraction of sp³-hybridized carbons (Fsp3) is 0.286. The molecule has 0 aliphatic carbocycles. The van der Waals surface area contributed by atoms with Gasteiger partial charge >= 0.3 is 0 Å². The highest BCUT2D eigenvalue weighted by atomic mass is 35.5. The lowest BCUT2D eigenvalue weighted by molar-refractivity contribution is -0.120. The molecule has 112 valence electrons. The fourth-order valence-corrected chi connectivity index (χ4v) is 2.24. The van der Waals surface area contributed by atoms with Gasteiger partial charge in [-0.3, -0.25) is 4.79 Å². The number of carbonyl (C=O) groups is 1. The largest absolute Gasteiger partial charge is 0.496 e. The first-order valence-corrected chi connectivity index (χ1v) is 6.96. The molecule has 0 bridgehead atoms. The molecular weight excluding hydrogens is 315 g/mol. The van der Waals surface area contributed by atoms with Gasteiger partial charge in [0, 0.05) is 22.7 Å². The second-order valence-electron chi connectivity index (χ2n) is 4.43. The van der Waals surface area contributed by atoms with E-state index in [1.807, 2.05) is 0 Å². The molecule has 0 unspecified atom stereocenters. The van der Waals surface area contributed by atoms with Crippen molar-refractivity contribution in [2.75, 3.05) is 7.11 Å². The zero-order chi connectivity index (χ0) is 15.4. The molecule has 1 aromatic heterocycles. The van der Waals surface area contributed by atoms with E-state index in [0.717, 1.165) is 5.56 Å². The summed E-state index contributed by atoms with van der Waals surface area (Å²) in [4.78, 5) is 11.9. The van der Waals surface area contributed by atoms with Crippen LogP contribution in [0.1, 0.15) is 16.8 Å². The van der Waals surface area contributed by atoms with Crippen molar-refractivity contribution < 1.29 is 14.1 Å². The molecular formula is C14H14Cl2N2O3. The number of nitrogens with one attached hydrogen (secondary N) is 1. The van der Waals surface area contributed by atoms with Crippen LogP contribution in [-0.2, 0) is 17.8 Å². The van der Waals surface area contributed by atoms with Crippen LogP contribution >= 0.6 is 23.2 Å². The normalized spacial score (nSPS) is 10.5. The summed E-state index contributed by atoms with van der Waals surface area (Å²) in [6, 6.07) is 5.25. The predicted octanol–water partition coefficient (Wildman–Crippen LogP) is 3.16. The third-order valence-electron chi connectivity index (χ3n) is 3.00. The van der Waals surface area contributed by atoms with Crippen molar-refractivity contribution in [3.05, 3.63) is 45.3 Å². The Hall–Kier alpha value is -1.72. The summed E-state index contributed by atoms with van der Waals surface area (Å²) in [7, 11) is 1.55. The van der Waals surface area contributed by atoms with Gasteiger partial charge in [0.25, 0.3) is 0 Å². The average Bonchev–Trinajstić information content (AvgIpc) is 2.77. The van der Waals surface area contributed by atoms with Gasteiger partial charge in [-0.25, -0.2) is 0 Å². The summed E-state index contributed by atoms with van der Waals surface area (Å²) in [5, 5.41) is 7.22. The van der Waals surface area contributed by atoms with Crippen molar-refractivity contribution in [3.63, 3.8) is 0 Å². The first kappa shape index (κ1) is 15.7. The van der Waals surface area contributed by atoms with Crippen molar-refractivity contribution in [2.45, 2.75) is 19.9 Å². The summed E-state index contributed by atoms with van der Waals surface area (Å²) in [6.07, 6.45) is 0.115. The second-order valence-corrected chi connectivity index (χ2v) is 5.21. The van der Waals surface area contributed by atoms with Crippen molar-refractivity contribution in [2.24, 2.45) is 0 Å². The van der Waals surface area contributed by atoms with Gasteiger partial charge in [0.2, 0.25) is 11.1 Å². The Morgan fingerprint density at radius 2 is 2.19 bits per heavy atom. The molecule has 1 aromatic carbocycles. The van der Waals surface area contributed by atoms with Crippen LogP contribution in [0, 0.1) is 6.92 Å². The molecule has 0 saturated heterocycles. The standard InChI is InChI=1S/C14H14Cl2N2O3/c1-8-11(14(16)21-18-8)6-13(19)17-7-9-3-4-10(15)5-12(9)20-2/h3-5H,6-7H2,1-2H3,(H,17,19). The summed E-state index contributed by atoms with van der Waals surface area (Å²) in [6.45, 7) is 2.07. The zero-order valence-corrected chi connectivity index (χ0v) is 13.1. The highest BCUT2D eigenvalue weighted by Crippen LogP contribution is 2.23. The van der Waals surface area contributed by atoms with E-state index in [1.165, 1.54) is 0 Å². The van der Waals surface area contributed by atoms with Crippen molar-refractivity contribution in [1.29, 1.82) is 0 Å². The molecule has 21 heavy (non-hydrogen) atoms. The number of hydrogen-bond donors (Lipinski definition) is 1. The number of nitrogens with zero attached hydrogens (tertiary/aromatic N) is 1. The average molecular weight is 329 g/mol. The number of benzene rings is 1. The van der Waals surface area contributed by atoms with Gasteiger partial charge in [0.1, 0.15) is 5.75 Å². The Morgan fingerprint density at radius 1 is 1.43 bits per heavy atom. The first-order valence-electron chi connectivity index (χ1n) is 6.21. The molecule has 1 N–H and O–H groups in total. The van der Waals surface area contributed by atoms with Crippen molar-refractivity contribution in [3.8, 4) is 5.75 Å². The van der Waals surface area contributed by atoms with Gasteiger partial charge in [-0.2, -0.15) is 0 Å². The minimum Gasteiger partial charge on any atom is -0.496 e. The molecule has 0 radical (unpaired) electrons. The van der Waals surface area contributed by atoms with Gasteiger partial charge in [-0.15, -0.1) is 0 Å². The van der Waals surface area contributed by atoms with E-state index >= 15 is 0 Å². The molecule has 7 heteroatoms. The number of rotatable bonds is 5. The Morgan fingerprint density at radius 3 is 2.81 bits per heavy atom.